The third-order valence-electron chi connectivity index (χ3n) is 3.96. The van der Waals surface area contributed by atoms with Crippen LogP contribution in [0.2, 0.25) is 0 Å². The normalized spacial score (nSPS) is 37.3. The predicted octanol–water partition coefficient (Wildman–Crippen LogP) is -6.43. The maximum atomic E-state index is 10.0. The maximum Gasteiger partial charge on any atom is 0.139 e. The number of ether oxygens (including phenoxy) is 1. The highest BCUT2D eigenvalue weighted by Gasteiger charge is 2.49. The Kier molecular flexibility index (Phi) is 7.43. The summed E-state index contributed by atoms with van der Waals surface area (Å²) in [6.07, 6.45) is -19.1. The van der Waals surface area contributed by atoms with E-state index in [0.717, 1.165) is 0 Å². The minimum absolute atomic E-state index is 0.765. The molecular formula is C12H24N2O10. The summed E-state index contributed by atoms with van der Waals surface area (Å²) in [7, 11) is 0. The van der Waals surface area contributed by atoms with E-state index in [0.29, 0.717) is 0 Å². The number of aliphatic hydroxyl groups is 9. The average molecular weight is 356 g/mol. The number of nitrogens with one attached hydrogen (secondary N) is 1. The molecule has 0 amide bonds. The maximum absolute atomic E-state index is 10.0. The first-order valence-corrected chi connectivity index (χ1v) is 7.09. The Balaban J connectivity index is 2.86. The zero-order valence-corrected chi connectivity index (χ0v) is 12.5. The van der Waals surface area contributed by atoms with Crippen LogP contribution in [0, 0.1) is 5.41 Å². The van der Waals surface area contributed by atoms with Crippen LogP contribution in [0.1, 0.15) is 0 Å². The second-order valence-electron chi connectivity index (χ2n) is 5.66. The van der Waals surface area contributed by atoms with Crippen molar-refractivity contribution in [3.05, 3.63) is 0 Å². The topological polar surface area (TPSA) is 241 Å². The van der Waals surface area contributed by atoms with E-state index in [1.54, 1.807) is 0 Å². The molecule has 0 aromatic heterocycles. The summed E-state index contributed by atoms with van der Waals surface area (Å²) >= 11 is 0. The zero-order valence-electron chi connectivity index (χ0n) is 12.5. The van der Waals surface area contributed by atoms with Gasteiger partial charge in [0.25, 0.3) is 0 Å². The first-order valence-electron chi connectivity index (χ1n) is 7.09. The van der Waals surface area contributed by atoms with Crippen LogP contribution in [0.3, 0.4) is 0 Å². The van der Waals surface area contributed by atoms with Gasteiger partial charge in [0.05, 0.1) is 6.61 Å². The first-order chi connectivity index (χ1) is 11.0. The lowest BCUT2D eigenvalue weighted by molar-refractivity contribution is -0.264. The van der Waals surface area contributed by atoms with Gasteiger partial charge in [0, 0.05) is 0 Å². The predicted molar refractivity (Wildman–Crippen MR) is 75.7 cm³/mol. The van der Waals surface area contributed by atoms with E-state index in [4.69, 9.17) is 21.0 Å². The van der Waals surface area contributed by atoms with Gasteiger partial charge in [-0.05, 0) is 0 Å². The monoisotopic (exact) mass is 356 g/mol. The highest BCUT2D eigenvalue weighted by molar-refractivity contribution is 5.82. The van der Waals surface area contributed by atoms with Crippen molar-refractivity contribution >= 4 is 5.84 Å². The lowest BCUT2D eigenvalue weighted by Crippen LogP contribution is -2.64. The largest absolute Gasteiger partial charge is 0.394 e. The molecule has 0 aromatic rings. The van der Waals surface area contributed by atoms with E-state index in [9.17, 15) is 40.9 Å². The van der Waals surface area contributed by atoms with E-state index >= 15 is 0 Å². The molecule has 0 bridgehead atoms. The summed E-state index contributed by atoms with van der Waals surface area (Å²) < 4.78 is 5.01. The third kappa shape index (κ3) is 4.18. The van der Waals surface area contributed by atoms with Gasteiger partial charge in [-0.1, -0.05) is 0 Å². The molecule has 142 valence electrons. The number of hydrogen-bond donors (Lipinski definition) is 11. The number of aliphatic hydroxyl groups excluding tert-OH is 9. The Morgan fingerprint density at radius 1 is 0.917 bits per heavy atom. The summed E-state index contributed by atoms with van der Waals surface area (Å²) in [5.41, 5.74) is 4.95. The molecule has 0 aromatic carbocycles. The van der Waals surface area contributed by atoms with Gasteiger partial charge in [-0.15, -0.1) is 0 Å². The van der Waals surface area contributed by atoms with Crippen LogP contribution < -0.4 is 5.73 Å². The van der Waals surface area contributed by atoms with Crippen LogP contribution in [0.4, 0.5) is 0 Å². The minimum atomic E-state index is -2.19. The SMILES string of the molecule is N=C(N)[C@H](O)[C@@H](O)[C@H](O)[C@H](O)C(O)C1O[C@H](CO)[C@H](O)[C@H](O)[C@H]1O. The first kappa shape index (κ1) is 21.1. The highest BCUT2D eigenvalue weighted by atomic mass is 16.6. The highest BCUT2D eigenvalue weighted by Crippen LogP contribution is 2.25. The lowest BCUT2D eigenvalue weighted by atomic mass is 9.88. The number of nitrogens with two attached hydrogens (primary N) is 1. The van der Waals surface area contributed by atoms with Crippen molar-refractivity contribution < 1.29 is 50.7 Å². The molecule has 12 N–H and O–H groups in total. The van der Waals surface area contributed by atoms with Crippen molar-refractivity contribution in [1.29, 1.82) is 5.41 Å². The van der Waals surface area contributed by atoms with Crippen LogP contribution in [-0.2, 0) is 4.74 Å². The fourth-order valence-electron chi connectivity index (χ4n) is 2.38. The molecule has 1 heterocycles. The molecule has 12 nitrogen and oxygen atoms in total. The van der Waals surface area contributed by atoms with E-state index in [2.05, 4.69) is 0 Å². The molecule has 1 rings (SSSR count). The molecule has 0 saturated carbocycles. The van der Waals surface area contributed by atoms with Gasteiger partial charge in [0.15, 0.2) is 0 Å². The van der Waals surface area contributed by atoms with Crippen LogP contribution in [-0.4, -0.2) is 119 Å². The second kappa shape index (κ2) is 8.44. The van der Waals surface area contributed by atoms with Crippen molar-refractivity contribution in [2.45, 2.75) is 61.0 Å². The van der Waals surface area contributed by atoms with Gasteiger partial charge < -0.3 is 56.4 Å². The van der Waals surface area contributed by atoms with Gasteiger partial charge >= 0.3 is 0 Å². The van der Waals surface area contributed by atoms with Crippen molar-refractivity contribution in [3.8, 4) is 0 Å². The molecule has 0 radical (unpaired) electrons. The quantitative estimate of drug-likeness (QED) is 0.151. The summed E-state index contributed by atoms with van der Waals surface area (Å²) in [4.78, 5) is 0. The summed E-state index contributed by atoms with van der Waals surface area (Å²) in [6, 6.07) is 0. The van der Waals surface area contributed by atoms with Crippen molar-refractivity contribution in [2.75, 3.05) is 6.61 Å². The number of rotatable bonds is 7. The smallest absolute Gasteiger partial charge is 0.139 e. The molecular weight excluding hydrogens is 332 g/mol. The van der Waals surface area contributed by atoms with Crippen LogP contribution in [0.5, 0.6) is 0 Å². The molecule has 0 spiro atoms. The fourth-order valence-corrected chi connectivity index (χ4v) is 2.38. The molecule has 2 unspecified atom stereocenters. The van der Waals surface area contributed by atoms with E-state index in [1.165, 1.54) is 0 Å². The number of hydrogen-bond acceptors (Lipinski definition) is 11. The Hall–Kier alpha value is -0.930. The molecule has 1 aliphatic heterocycles. The van der Waals surface area contributed by atoms with Gasteiger partial charge in [-0.2, -0.15) is 0 Å². The Morgan fingerprint density at radius 2 is 1.46 bits per heavy atom. The van der Waals surface area contributed by atoms with Crippen molar-refractivity contribution in [2.24, 2.45) is 5.73 Å². The van der Waals surface area contributed by atoms with Gasteiger partial charge in [0.1, 0.15) is 66.9 Å². The van der Waals surface area contributed by atoms with Gasteiger partial charge in [-0.25, -0.2) is 0 Å². The van der Waals surface area contributed by atoms with Crippen molar-refractivity contribution in [3.63, 3.8) is 0 Å². The zero-order chi connectivity index (χ0) is 18.8. The molecule has 1 fully saturated rings. The third-order valence-corrected chi connectivity index (χ3v) is 3.96. The average Bonchev–Trinajstić information content (AvgIpc) is 2.56. The molecule has 0 aliphatic carbocycles. The minimum Gasteiger partial charge on any atom is -0.394 e. The summed E-state index contributed by atoms with van der Waals surface area (Å²) in [6.45, 7) is -0.765. The molecule has 12 heteroatoms. The van der Waals surface area contributed by atoms with Crippen molar-refractivity contribution in [1.82, 2.24) is 0 Å². The second-order valence-corrected chi connectivity index (χ2v) is 5.66. The van der Waals surface area contributed by atoms with E-state index in [1.807, 2.05) is 0 Å². The molecule has 24 heavy (non-hydrogen) atoms. The summed E-state index contributed by atoms with van der Waals surface area (Å²) in [5, 5.41) is 93.7. The van der Waals surface area contributed by atoms with Crippen LogP contribution >= 0.6 is 0 Å². The fraction of sp³-hybridized carbons (Fsp3) is 0.917. The Labute approximate surface area is 136 Å². The Morgan fingerprint density at radius 3 is 1.92 bits per heavy atom. The lowest BCUT2D eigenvalue weighted by Gasteiger charge is -2.43. The van der Waals surface area contributed by atoms with Gasteiger partial charge in [0.2, 0.25) is 0 Å². The van der Waals surface area contributed by atoms with Gasteiger partial charge in [-0.3, -0.25) is 5.41 Å². The molecule has 1 aliphatic rings. The summed E-state index contributed by atoms with van der Waals surface area (Å²) in [5.74, 6) is -0.893. The Bertz CT molecular complexity index is 425. The van der Waals surface area contributed by atoms with Crippen LogP contribution in [0.15, 0.2) is 0 Å². The standard InChI is InChI=1S/C12H24N2O10/c13-12(14)10(23)7(20)5(18)6(19)9(22)11-8(21)4(17)3(16)2(1-15)24-11/h2-11,15-23H,1H2,(H3,13,14)/t2-,3+,4+,5-,6+,7+,8-,9?,10-,11?/m1/s1. The van der Waals surface area contributed by atoms with E-state index < -0.39 is 73.5 Å². The number of amidine groups is 1. The molecule has 10 atom stereocenters. The van der Waals surface area contributed by atoms with E-state index in [-0.39, 0.29) is 0 Å². The molecule has 1 saturated heterocycles. The van der Waals surface area contributed by atoms with Crippen LogP contribution in [0.25, 0.3) is 0 Å².